The summed E-state index contributed by atoms with van der Waals surface area (Å²) in [7, 11) is 0. The van der Waals surface area contributed by atoms with E-state index in [1.807, 2.05) is 30.5 Å². The predicted molar refractivity (Wildman–Crippen MR) is 75.5 cm³/mol. The standard InChI is InChI=1S/C13H14N4S/c1-2-8-17-12-9(4-3-7-15-12)16-13(17)10-5-6-11(14)18-10/h3-7H,2,8,14H2,1H3. The summed E-state index contributed by atoms with van der Waals surface area (Å²) >= 11 is 1.56. The van der Waals surface area contributed by atoms with Crippen molar-refractivity contribution in [2.75, 3.05) is 5.73 Å². The summed E-state index contributed by atoms with van der Waals surface area (Å²) in [4.78, 5) is 10.2. The third-order valence-electron chi connectivity index (χ3n) is 2.80. The van der Waals surface area contributed by atoms with Crippen molar-refractivity contribution in [2.45, 2.75) is 19.9 Å². The number of imidazole rings is 1. The maximum absolute atomic E-state index is 5.80. The number of pyridine rings is 1. The number of nitrogens with zero attached hydrogens (tertiary/aromatic N) is 3. The van der Waals surface area contributed by atoms with Gasteiger partial charge in [0.25, 0.3) is 0 Å². The number of rotatable bonds is 3. The first-order valence-electron chi connectivity index (χ1n) is 5.96. The molecule has 5 heteroatoms. The average molecular weight is 258 g/mol. The molecule has 18 heavy (non-hydrogen) atoms. The van der Waals surface area contributed by atoms with E-state index in [0.717, 1.165) is 39.8 Å². The maximum atomic E-state index is 5.80. The molecule has 0 aromatic carbocycles. The summed E-state index contributed by atoms with van der Waals surface area (Å²) < 4.78 is 2.17. The van der Waals surface area contributed by atoms with Crippen LogP contribution in [0.25, 0.3) is 21.9 Å². The Morgan fingerprint density at radius 1 is 1.33 bits per heavy atom. The van der Waals surface area contributed by atoms with Gasteiger partial charge in [0.1, 0.15) is 5.52 Å². The molecule has 3 aromatic heterocycles. The largest absolute Gasteiger partial charge is 0.391 e. The van der Waals surface area contributed by atoms with Gasteiger partial charge < -0.3 is 10.3 Å². The molecule has 0 spiro atoms. The number of hydrogen-bond donors (Lipinski definition) is 1. The van der Waals surface area contributed by atoms with E-state index in [0.29, 0.717) is 0 Å². The first-order chi connectivity index (χ1) is 8.79. The predicted octanol–water partition coefficient (Wildman–Crippen LogP) is 3.15. The van der Waals surface area contributed by atoms with Crippen molar-refractivity contribution in [3.8, 4) is 10.7 Å². The van der Waals surface area contributed by atoms with Crippen LogP contribution in [0, 0.1) is 0 Å². The summed E-state index contributed by atoms with van der Waals surface area (Å²) in [5.74, 6) is 0.965. The fourth-order valence-electron chi connectivity index (χ4n) is 2.06. The van der Waals surface area contributed by atoms with E-state index in [2.05, 4.69) is 21.5 Å². The molecule has 0 fully saturated rings. The molecule has 0 bridgehead atoms. The van der Waals surface area contributed by atoms with E-state index in [1.165, 1.54) is 0 Å². The van der Waals surface area contributed by atoms with Crippen LogP contribution in [-0.4, -0.2) is 14.5 Å². The van der Waals surface area contributed by atoms with Crippen molar-refractivity contribution < 1.29 is 0 Å². The quantitative estimate of drug-likeness (QED) is 0.785. The Kier molecular flexibility index (Phi) is 2.76. The number of fused-ring (bicyclic) bond motifs is 1. The lowest BCUT2D eigenvalue weighted by Gasteiger charge is -2.04. The van der Waals surface area contributed by atoms with Crippen molar-refractivity contribution >= 4 is 27.5 Å². The lowest BCUT2D eigenvalue weighted by atomic mass is 10.4. The number of hydrogen-bond acceptors (Lipinski definition) is 4. The molecular formula is C13H14N4S. The molecule has 2 N–H and O–H groups in total. The lowest BCUT2D eigenvalue weighted by Crippen LogP contribution is -1.99. The second kappa shape index (κ2) is 4.42. The number of thiophene rings is 1. The van der Waals surface area contributed by atoms with Crippen molar-refractivity contribution in [3.63, 3.8) is 0 Å². The zero-order chi connectivity index (χ0) is 12.5. The van der Waals surface area contributed by atoms with Gasteiger partial charge >= 0.3 is 0 Å². The van der Waals surface area contributed by atoms with Gasteiger partial charge in [-0.05, 0) is 30.7 Å². The van der Waals surface area contributed by atoms with Crippen molar-refractivity contribution in [3.05, 3.63) is 30.5 Å². The first kappa shape index (κ1) is 11.2. The second-order valence-electron chi connectivity index (χ2n) is 4.14. The van der Waals surface area contributed by atoms with Crippen LogP contribution in [0.3, 0.4) is 0 Å². The second-order valence-corrected chi connectivity index (χ2v) is 5.25. The Bertz CT molecular complexity index is 683. The molecule has 0 aliphatic carbocycles. The highest BCUT2D eigenvalue weighted by Crippen LogP contribution is 2.31. The van der Waals surface area contributed by atoms with Gasteiger partial charge in [-0.25, -0.2) is 9.97 Å². The summed E-state index contributed by atoms with van der Waals surface area (Å²) in [5.41, 5.74) is 7.68. The van der Waals surface area contributed by atoms with Crippen LogP contribution >= 0.6 is 11.3 Å². The highest BCUT2D eigenvalue weighted by Gasteiger charge is 2.13. The minimum absolute atomic E-state index is 0.813. The van der Waals surface area contributed by atoms with E-state index in [1.54, 1.807) is 11.3 Å². The SMILES string of the molecule is CCCn1c(-c2ccc(N)s2)nc2cccnc21. The van der Waals surface area contributed by atoms with E-state index in [4.69, 9.17) is 5.73 Å². The Balaban J connectivity index is 2.24. The lowest BCUT2D eigenvalue weighted by molar-refractivity contribution is 0.699. The van der Waals surface area contributed by atoms with Crippen LogP contribution in [0.1, 0.15) is 13.3 Å². The molecule has 3 aromatic rings. The zero-order valence-electron chi connectivity index (χ0n) is 10.1. The number of nitrogens with two attached hydrogens (primary N) is 1. The van der Waals surface area contributed by atoms with Gasteiger partial charge in [0, 0.05) is 12.7 Å². The average Bonchev–Trinajstić information content (AvgIpc) is 2.95. The molecule has 3 heterocycles. The normalized spacial score (nSPS) is 11.2. The van der Waals surface area contributed by atoms with Gasteiger partial charge in [-0.1, -0.05) is 6.92 Å². The third kappa shape index (κ3) is 1.76. The zero-order valence-corrected chi connectivity index (χ0v) is 10.9. The highest BCUT2D eigenvalue weighted by atomic mass is 32.1. The molecule has 0 saturated carbocycles. The van der Waals surface area contributed by atoms with Crippen molar-refractivity contribution in [2.24, 2.45) is 0 Å². The number of nitrogen functional groups attached to an aromatic ring is 1. The smallest absolute Gasteiger partial charge is 0.160 e. The first-order valence-corrected chi connectivity index (χ1v) is 6.78. The van der Waals surface area contributed by atoms with Crippen LogP contribution in [-0.2, 0) is 6.54 Å². The van der Waals surface area contributed by atoms with Crippen LogP contribution in [0.4, 0.5) is 5.00 Å². The molecule has 3 rings (SSSR count). The van der Waals surface area contributed by atoms with Gasteiger partial charge in [-0.15, -0.1) is 11.3 Å². The molecule has 0 aliphatic rings. The minimum Gasteiger partial charge on any atom is -0.391 e. The Labute approximate surface area is 109 Å². The van der Waals surface area contributed by atoms with Crippen LogP contribution in [0.2, 0.25) is 0 Å². The molecule has 0 amide bonds. The monoisotopic (exact) mass is 258 g/mol. The van der Waals surface area contributed by atoms with Crippen molar-refractivity contribution in [1.82, 2.24) is 14.5 Å². The van der Waals surface area contributed by atoms with Gasteiger partial charge in [0.2, 0.25) is 0 Å². The summed E-state index contributed by atoms with van der Waals surface area (Å²) in [6.45, 7) is 3.07. The van der Waals surface area contributed by atoms with Crippen molar-refractivity contribution in [1.29, 1.82) is 0 Å². The molecular weight excluding hydrogens is 244 g/mol. The molecule has 0 aliphatic heterocycles. The number of anilines is 1. The van der Waals surface area contributed by atoms with Gasteiger partial charge in [-0.2, -0.15) is 0 Å². The van der Waals surface area contributed by atoms with Gasteiger partial charge in [-0.3, -0.25) is 0 Å². The van der Waals surface area contributed by atoms with E-state index in [-0.39, 0.29) is 0 Å². The Morgan fingerprint density at radius 3 is 2.94 bits per heavy atom. The molecule has 92 valence electrons. The van der Waals surface area contributed by atoms with E-state index in [9.17, 15) is 0 Å². The molecule has 0 atom stereocenters. The Morgan fingerprint density at radius 2 is 2.22 bits per heavy atom. The minimum atomic E-state index is 0.813. The summed E-state index contributed by atoms with van der Waals surface area (Å²) in [6, 6.07) is 7.85. The van der Waals surface area contributed by atoms with Crippen LogP contribution < -0.4 is 5.73 Å². The number of aromatic nitrogens is 3. The fraction of sp³-hybridized carbons (Fsp3) is 0.231. The van der Waals surface area contributed by atoms with Crippen LogP contribution in [0.5, 0.6) is 0 Å². The fourth-order valence-corrected chi connectivity index (χ4v) is 2.83. The molecule has 0 unspecified atom stereocenters. The van der Waals surface area contributed by atoms with Gasteiger partial charge in [0.15, 0.2) is 11.5 Å². The summed E-state index contributed by atoms with van der Waals surface area (Å²) in [6.07, 6.45) is 2.86. The topological polar surface area (TPSA) is 56.7 Å². The molecule has 0 saturated heterocycles. The maximum Gasteiger partial charge on any atom is 0.160 e. The van der Waals surface area contributed by atoms with Crippen LogP contribution in [0.15, 0.2) is 30.5 Å². The number of aryl methyl sites for hydroxylation is 1. The highest BCUT2D eigenvalue weighted by molar-refractivity contribution is 7.19. The Hall–Kier alpha value is -1.88. The third-order valence-corrected chi connectivity index (χ3v) is 3.71. The van der Waals surface area contributed by atoms with E-state index < -0.39 is 0 Å². The summed E-state index contributed by atoms with van der Waals surface area (Å²) in [5, 5.41) is 0.813. The molecule has 4 nitrogen and oxygen atoms in total. The van der Waals surface area contributed by atoms with Gasteiger partial charge in [0.05, 0.1) is 9.88 Å². The van der Waals surface area contributed by atoms with E-state index >= 15 is 0 Å². The molecule has 0 radical (unpaired) electrons.